The SMILES string of the molecule is CCc1cccc(OCc2nc3ccc(CO)cc3o2)c1. The molecule has 0 saturated heterocycles. The summed E-state index contributed by atoms with van der Waals surface area (Å²) in [5, 5.41) is 9.12. The average Bonchev–Trinajstić information content (AvgIpc) is 2.95. The maximum absolute atomic E-state index is 9.12. The van der Waals surface area contributed by atoms with Gasteiger partial charge in [0.15, 0.2) is 12.2 Å². The minimum absolute atomic E-state index is 0.00766. The largest absolute Gasteiger partial charge is 0.484 e. The van der Waals surface area contributed by atoms with Gasteiger partial charge in [-0.2, -0.15) is 0 Å². The molecule has 1 N–H and O–H groups in total. The predicted molar refractivity (Wildman–Crippen MR) is 80.1 cm³/mol. The first kappa shape index (κ1) is 13.6. The molecule has 0 amide bonds. The molecule has 0 saturated carbocycles. The number of benzene rings is 2. The number of rotatable bonds is 5. The number of fused-ring (bicyclic) bond motifs is 1. The quantitative estimate of drug-likeness (QED) is 0.779. The van der Waals surface area contributed by atoms with Gasteiger partial charge in [-0.15, -0.1) is 0 Å². The number of oxazole rings is 1. The lowest BCUT2D eigenvalue weighted by atomic mass is 10.2. The Morgan fingerprint density at radius 3 is 2.86 bits per heavy atom. The second-order valence-corrected chi connectivity index (χ2v) is 4.86. The second kappa shape index (κ2) is 5.97. The van der Waals surface area contributed by atoms with Crippen LogP contribution in [0.4, 0.5) is 0 Å². The van der Waals surface area contributed by atoms with Crippen molar-refractivity contribution in [3.63, 3.8) is 0 Å². The number of aliphatic hydroxyl groups is 1. The smallest absolute Gasteiger partial charge is 0.233 e. The van der Waals surface area contributed by atoms with Crippen molar-refractivity contribution in [3.8, 4) is 5.75 Å². The Morgan fingerprint density at radius 1 is 1.14 bits per heavy atom. The van der Waals surface area contributed by atoms with Crippen molar-refractivity contribution in [1.29, 1.82) is 0 Å². The van der Waals surface area contributed by atoms with Crippen molar-refractivity contribution >= 4 is 11.1 Å². The van der Waals surface area contributed by atoms with E-state index in [1.54, 1.807) is 6.07 Å². The zero-order valence-electron chi connectivity index (χ0n) is 11.9. The van der Waals surface area contributed by atoms with Crippen LogP contribution in [0.15, 0.2) is 46.9 Å². The maximum atomic E-state index is 9.12. The van der Waals surface area contributed by atoms with Crippen LogP contribution < -0.4 is 4.74 Å². The molecular formula is C17H17NO3. The van der Waals surface area contributed by atoms with Crippen LogP contribution >= 0.6 is 0 Å². The normalized spacial score (nSPS) is 11.0. The van der Waals surface area contributed by atoms with Gasteiger partial charge < -0.3 is 14.3 Å². The van der Waals surface area contributed by atoms with Crippen LogP contribution in [0.3, 0.4) is 0 Å². The molecule has 1 aromatic heterocycles. The Bertz CT molecular complexity index is 749. The van der Waals surface area contributed by atoms with Gasteiger partial charge in [-0.3, -0.25) is 0 Å². The minimum atomic E-state index is -0.00766. The van der Waals surface area contributed by atoms with E-state index in [9.17, 15) is 0 Å². The van der Waals surface area contributed by atoms with Crippen molar-refractivity contribution in [2.24, 2.45) is 0 Å². The predicted octanol–water partition coefficient (Wildman–Crippen LogP) is 3.46. The third-order valence-electron chi connectivity index (χ3n) is 3.35. The zero-order chi connectivity index (χ0) is 14.7. The standard InChI is InChI=1S/C17H17NO3/c1-2-12-4-3-5-14(8-12)20-11-17-18-15-7-6-13(10-19)9-16(15)21-17/h3-9,19H,2,10-11H2,1H3. The fourth-order valence-electron chi connectivity index (χ4n) is 2.18. The van der Waals surface area contributed by atoms with Gasteiger partial charge in [0.05, 0.1) is 6.61 Å². The highest BCUT2D eigenvalue weighted by molar-refractivity contribution is 5.73. The first-order chi connectivity index (χ1) is 10.3. The molecule has 0 spiro atoms. The van der Waals surface area contributed by atoms with Gasteiger partial charge >= 0.3 is 0 Å². The third-order valence-corrected chi connectivity index (χ3v) is 3.35. The van der Waals surface area contributed by atoms with Crippen molar-refractivity contribution in [1.82, 2.24) is 4.98 Å². The van der Waals surface area contributed by atoms with Crippen LogP contribution in [-0.4, -0.2) is 10.1 Å². The molecular weight excluding hydrogens is 266 g/mol. The van der Waals surface area contributed by atoms with Gasteiger partial charge in [0.1, 0.15) is 11.3 Å². The molecule has 0 unspecified atom stereocenters. The highest BCUT2D eigenvalue weighted by Crippen LogP contribution is 2.20. The fourth-order valence-corrected chi connectivity index (χ4v) is 2.18. The third kappa shape index (κ3) is 3.06. The van der Waals surface area contributed by atoms with Crippen molar-refractivity contribution in [2.45, 2.75) is 26.6 Å². The maximum Gasteiger partial charge on any atom is 0.233 e. The zero-order valence-corrected chi connectivity index (χ0v) is 11.9. The summed E-state index contributed by atoms with van der Waals surface area (Å²) < 4.78 is 11.4. The van der Waals surface area contributed by atoms with Gasteiger partial charge in [-0.05, 0) is 41.8 Å². The number of aryl methyl sites for hydroxylation is 1. The molecule has 21 heavy (non-hydrogen) atoms. The lowest BCUT2D eigenvalue weighted by Crippen LogP contribution is -1.95. The molecule has 3 rings (SSSR count). The number of hydrogen-bond donors (Lipinski definition) is 1. The van der Waals surface area contributed by atoms with E-state index in [0.717, 1.165) is 23.3 Å². The topological polar surface area (TPSA) is 55.5 Å². The molecule has 0 atom stereocenters. The summed E-state index contributed by atoms with van der Waals surface area (Å²) >= 11 is 0. The molecule has 4 heteroatoms. The van der Waals surface area contributed by atoms with Gasteiger partial charge in [0, 0.05) is 0 Å². The molecule has 4 nitrogen and oxygen atoms in total. The Balaban J connectivity index is 1.75. The first-order valence-corrected chi connectivity index (χ1v) is 6.99. The van der Waals surface area contributed by atoms with E-state index in [2.05, 4.69) is 18.0 Å². The summed E-state index contributed by atoms with van der Waals surface area (Å²) in [5.74, 6) is 1.34. The molecule has 0 bridgehead atoms. The number of aromatic nitrogens is 1. The number of ether oxygens (including phenoxy) is 1. The summed E-state index contributed by atoms with van der Waals surface area (Å²) in [6, 6.07) is 13.5. The Labute approximate surface area is 123 Å². The van der Waals surface area contributed by atoms with E-state index in [4.69, 9.17) is 14.3 Å². The van der Waals surface area contributed by atoms with Crippen molar-refractivity contribution < 1.29 is 14.3 Å². The van der Waals surface area contributed by atoms with Crippen LogP contribution in [0.2, 0.25) is 0 Å². The first-order valence-electron chi connectivity index (χ1n) is 6.99. The lowest BCUT2D eigenvalue weighted by Gasteiger charge is -2.04. The van der Waals surface area contributed by atoms with Crippen molar-refractivity contribution in [2.75, 3.05) is 0 Å². The molecule has 0 aliphatic heterocycles. The van der Waals surface area contributed by atoms with E-state index >= 15 is 0 Å². The molecule has 2 aromatic carbocycles. The molecule has 108 valence electrons. The van der Waals surface area contributed by atoms with E-state index in [1.165, 1.54) is 5.56 Å². The van der Waals surface area contributed by atoms with Gasteiger partial charge in [-0.1, -0.05) is 25.1 Å². The summed E-state index contributed by atoms with van der Waals surface area (Å²) in [4.78, 5) is 4.37. The summed E-state index contributed by atoms with van der Waals surface area (Å²) in [7, 11) is 0. The van der Waals surface area contributed by atoms with Crippen LogP contribution in [0, 0.1) is 0 Å². The monoisotopic (exact) mass is 283 g/mol. The lowest BCUT2D eigenvalue weighted by molar-refractivity contribution is 0.266. The Kier molecular flexibility index (Phi) is 3.88. The number of hydrogen-bond acceptors (Lipinski definition) is 4. The van der Waals surface area contributed by atoms with E-state index in [-0.39, 0.29) is 13.2 Å². The number of aliphatic hydroxyl groups excluding tert-OH is 1. The average molecular weight is 283 g/mol. The van der Waals surface area contributed by atoms with Crippen LogP contribution in [0.25, 0.3) is 11.1 Å². The molecule has 1 heterocycles. The van der Waals surface area contributed by atoms with Crippen LogP contribution in [0.1, 0.15) is 23.9 Å². The van der Waals surface area contributed by atoms with E-state index in [1.807, 2.05) is 30.3 Å². The van der Waals surface area contributed by atoms with Crippen LogP contribution in [0.5, 0.6) is 5.75 Å². The molecule has 3 aromatic rings. The Morgan fingerprint density at radius 2 is 2.05 bits per heavy atom. The highest BCUT2D eigenvalue weighted by Gasteiger charge is 2.07. The molecule has 0 aliphatic rings. The highest BCUT2D eigenvalue weighted by atomic mass is 16.5. The minimum Gasteiger partial charge on any atom is -0.484 e. The van der Waals surface area contributed by atoms with E-state index in [0.29, 0.717) is 11.5 Å². The Hall–Kier alpha value is -2.33. The van der Waals surface area contributed by atoms with Gasteiger partial charge in [0.25, 0.3) is 0 Å². The van der Waals surface area contributed by atoms with Crippen molar-refractivity contribution in [3.05, 3.63) is 59.5 Å². The molecule has 0 radical (unpaired) electrons. The second-order valence-electron chi connectivity index (χ2n) is 4.86. The van der Waals surface area contributed by atoms with E-state index < -0.39 is 0 Å². The van der Waals surface area contributed by atoms with Gasteiger partial charge in [0.2, 0.25) is 5.89 Å². The summed E-state index contributed by atoms with van der Waals surface area (Å²) in [6.45, 7) is 2.39. The molecule has 0 aliphatic carbocycles. The van der Waals surface area contributed by atoms with Gasteiger partial charge in [-0.25, -0.2) is 4.98 Å². The summed E-state index contributed by atoms with van der Waals surface area (Å²) in [6.07, 6.45) is 0.976. The fraction of sp³-hybridized carbons (Fsp3) is 0.235. The van der Waals surface area contributed by atoms with Crippen LogP contribution in [-0.2, 0) is 19.6 Å². The number of nitrogens with zero attached hydrogens (tertiary/aromatic N) is 1. The molecule has 0 fully saturated rings. The summed E-state index contributed by atoms with van der Waals surface area (Å²) in [5.41, 5.74) is 3.48.